The zero-order valence-corrected chi connectivity index (χ0v) is 13.8. The number of nitrogens with two attached hydrogens (primary N) is 1. The number of hydrogen-bond acceptors (Lipinski definition) is 6. The second kappa shape index (κ2) is 5.87. The second-order valence-electron chi connectivity index (χ2n) is 6.14. The number of aromatic nitrogens is 5. The molecule has 0 saturated carbocycles. The normalized spacial score (nSPS) is 15.6. The smallest absolute Gasteiger partial charge is 0.396 e. The van der Waals surface area contributed by atoms with E-state index in [1.165, 1.54) is 18.5 Å². The Hall–Kier alpha value is -2.82. The van der Waals surface area contributed by atoms with Crippen molar-refractivity contribution < 1.29 is 17.9 Å². The first kappa shape index (κ1) is 16.6. The fraction of sp³-hybridized carbons (Fsp3) is 0.400. The Morgan fingerprint density at radius 2 is 2.15 bits per heavy atom. The van der Waals surface area contributed by atoms with Gasteiger partial charge in [-0.3, -0.25) is 14.8 Å². The first-order valence-corrected chi connectivity index (χ1v) is 7.86. The molecule has 0 spiro atoms. The highest BCUT2D eigenvalue weighted by molar-refractivity contribution is 5.92. The quantitative estimate of drug-likeness (QED) is 0.730. The number of ether oxygens (including phenoxy) is 1. The summed E-state index contributed by atoms with van der Waals surface area (Å²) in [7, 11) is 1.60. The topological polar surface area (TPSA) is 97.9 Å². The lowest BCUT2D eigenvalue weighted by Gasteiger charge is -2.38. The Morgan fingerprint density at radius 3 is 2.77 bits per heavy atom. The van der Waals surface area contributed by atoms with Crippen LogP contribution in [0.25, 0.3) is 22.3 Å². The van der Waals surface area contributed by atoms with E-state index in [0.717, 1.165) is 4.68 Å². The van der Waals surface area contributed by atoms with Crippen LogP contribution in [0.1, 0.15) is 0 Å². The molecule has 138 valence electrons. The molecule has 4 rings (SSSR count). The highest BCUT2D eigenvalue weighted by Crippen LogP contribution is 2.33. The number of fused-ring (bicyclic) bond motifs is 1. The van der Waals surface area contributed by atoms with E-state index in [1.54, 1.807) is 7.11 Å². The average molecular weight is 367 g/mol. The zero-order chi connectivity index (χ0) is 18.5. The largest absolute Gasteiger partial charge is 0.408 e. The molecule has 0 unspecified atom stereocenters. The molecule has 4 heterocycles. The van der Waals surface area contributed by atoms with E-state index < -0.39 is 12.7 Å². The summed E-state index contributed by atoms with van der Waals surface area (Å²) in [5.74, 6) is 0.464. The third-order valence-electron chi connectivity index (χ3n) is 4.34. The van der Waals surface area contributed by atoms with Gasteiger partial charge in [-0.25, -0.2) is 0 Å². The van der Waals surface area contributed by atoms with Crippen molar-refractivity contribution in [1.29, 1.82) is 0 Å². The molecule has 3 N–H and O–H groups in total. The van der Waals surface area contributed by atoms with Crippen LogP contribution in [0.15, 0.2) is 18.5 Å². The van der Waals surface area contributed by atoms with Gasteiger partial charge in [0.15, 0.2) is 5.82 Å². The minimum Gasteiger partial charge on any atom is -0.396 e. The maximum absolute atomic E-state index is 13.0. The summed E-state index contributed by atoms with van der Waals surface area (Å²) >= 11 is 0. The molecule has 0 bridgehead atoms. The molecule has 0 aromatic carbocycles. The monoisotopic (exact) mass is 367 g/mol. The molecule has 8 nitrogen and oxygen atoms in total. The van der Waals surface area contributed by atoms with Gasteiger partial charge >= 0.3 is 6.18 Å². The lowest BCUT2D eigenvalue weighted by molar-refractivity contribution is -0.141. The number of nitrogens with one attached hydrogen (secondary N) is 1. The van der Waals surface area contributed by atoms with Crippen LogP contribution in [0.5, 0.6) is 0 Å². The van der Waals surface area contributed by atoms with Crippen LogP contribution in [-0.2, 0) is 11.3 Å². The van der Waals surface area contributed by atoms with Crippen LogP contribution < -0.4 is 10.6 Å². The molecule has 0 radical (unpaired) electrons. The van der Waals surface area contributed by atoms with Gasteiger partial charge in [0.25, 0.3) is 0 Å². The molecule has 3 aromatic rings. The van der Waals surface area contributed by atoms with Crippen molar-refractivity contribution in [3.63, 3.8) is 0 Å². The van der Waals surface area contributed by atoms with E-state index in [0.29, 0.717) is 46.9 Å². The number of anilines is 2. The minimum absolute atomic E-state index is 0.0499. The van der Waals surface area contributed by atoms with Crippen molar-refractivity contribution in [2.75, 3.05) is 30.8 Å². The van der Waals surface area contributed by atoms with Gasteiger partial charge in [-0.05, 0) is 6.07 Å². The summed E-state index contributed by atoms with van der Waals surface area (Å²) in [6, 6.07) is 1.53. The van der Waals surface area contributed by atoms with Crippen molar-refractivity contribution in [2.45, 2.75) is 18.8 Å². The van der Waals surface area contributed by atoms with Gasteiger partial charge in [0.2, 0.25) is 0 Å². The molecule has 1 aliphatic heterocycles. The third kappa shape index (κ3) is 2.83. The van der Waals surface area contributed by atoms with Crippen molar-refractivity contribution >= 4 is 22.4 Å². The predicted molar refractivity (Wildman–Crippen MR) is 88.6 cm³/mol. The Kier molecular flexibility index (Phi) is 3.75. The number of aromatic amines is 1. The molecular formula is C15H16F3N7O. The summed E-state index contributed by atoms with van der Waals surface area (Å²) in [5, 5.41) is 11.3. The molecule has 1 aliphatic rings. The maximum atomic E-state index is 13.0. The van der Waals surface area contributed by atoms with Crippen LogP contribution >= 0.6 is 0 Å². The lowest BCUT2D eigenvalue weighted by Crippen LogP contribution is -2.52. The van der Waals surface area contributed by atoms with Crippen LogP contribution in [0.4, 0.5) is 24.7 Å². The third-order valence-corrected chi connectivity index (χ3v) is 4.34. The van der Waals surface area contributed by atoms with Crippen molar-refractivity contribution in [2.24, 2.45) is 0 Å². The van der Waals surface area contributed by atoms with Gasteiger partial charge in [-0.1, -0.05) is 0 Å². The molecule has 0 atom stereocenters. The Balaban J connectivity index is 1.80. The number of halogens is 3. The van der Waals surface area contributed by atoms with Gasteiger partial charge in [0, 0.05) is 32.6 Å². The molecular weight excluding hydrogens is 351 g/mol. The first-order valence-electron chi connectivity index (χ1n) is 7.86. The van der Waals surface area contributed by atoms with E-state index in [4.69, 9.17) is 10.5 Å². The maximum Gasteiger partial charge on any atom is 0.408 e. The summed E-state index contributed by atoms with van der Waals surface area (Å²) in [4.78, 5) is 6.17. The van der Waals surface area contributed by atoms with Gasteiger partial charge in [-0.15, -0.1) is 0 Å². The lowest BCUT2D eigenvalue weighted by atomic mass is 10.1. The second-order valence-corrected chi connectivity index (χ2v) is 6.14. The van der Waals surface area contributed by atoms with Crippen LogP contribution in [0.2, 0.25) is 0 Å². The number of H-pyrrole nitrogens is 1. The number of rotatable bonds is 4. The predicted octanol–water partition coefficient (Wildman–Crippen LogP) is 1.80. The fourth-order valence-electron chi connectivity index (χ4n) is 2.97. The molecule has 0 amide bonds. The number of methoxy groups -OCH3 is 1. The first-order chi connectivity index (χ1) is 12.4. The van der Waals surface area contributed by atoms with E-state index >= 15 is 0 Å². The zero-order valence-electron chi connectivity index (χ0n) is 13.8. The summed E-state index contributed by atoms with van der Waals surface area (Å²) < 4.78 is 45.1. The van der Waals surface area contributed by atoms with Crippen molar-refractivity contribution in [3.05, 3.63) is 18.5 Å². The van der Waals surface area contributed by atoms with Gasteiger partial charge in [0.05, 0.1) is 28.4 Å². The molecule has 1 fully saturated rings. The molecule has 26 heavy (non-hydrogen) atoms. The number of pyridine rings is 1. The van der Waals surface area contributed by atoms with Crippen molar-refractivity contribution in [1.82, 2.24) is 25.0 Å². The highest BCUT2D eigenvalue weighted by atomic mass is 19.4. The van der Waals surface area contributed by atoms with Gasteiger partial charge < -0.3 is 15.4 Å². The van der Waals surface area contributed by atoms with E-state index in [-0.39, 0.29) is 6.10 Å². The standard InChI is InChI=1S/C15H16F3N7O/c1-26-8-5-24(6-8)14-9-3-20-11(13-10(19)4-21-22-13)2-12(9)25(23-14)7-15(16,17)18/h2-4,8H,5-7,19H2,1H3,(H,21,22). The Morgan fingerprint density at radius 1 is 1.38 bits per heavy atom. The van der Waals surface area contributed by atoms with Crippen LogP contribution in [0.3, 0.4) is 0 Å². The van der Waals surface area contributed by atoms with Gasteiger partial charge in [0.1, 0.15) is 12.2 Å². The SMILES string of the molecule is COC1CN(c2nn(CC(F)(F)F)c3cc(-c4n[nH]cc4N)ncc23)C1. The Labute approximate surface area is 145 Å². The van der Waals surface area contributed by atoms with Gasteiger partial charge in [-0.2, -0.15) is 23.4 Å². The molecule has 1 saturated heterocycles. The molecule has 0 aliphatic carbocycles. The fourth-order valence-corrected chi connectivity index (χ4v) is 2.97. The molecule has 3 aromatic heterocycles. The highest BCUT2D eigenvalue weighted by Gasteiger charge is 2.34. The number of hydrogen-bond donors (Lipinski definition) is 2. The average Bonchev–Trinajstić information content (AvgIpc) is 3.09. The number of nitrogens with zero attached hydrogens (tertiary/aromatic N) is 5. The van der Waals surface area contributed by atoms with E-state index in [9.17, 15) is 13.2 Å². The summed E-state index contributed by atoms with van der Waals surface area (Å²) in [6.07, 6.45) is -1.35. The van der Waals surface area contributed by atoms with Crippen LogP contribution in [-0.4, -0.2) is 57.4 Å². The van der Waals surface area contributed by atoms with E-state index in [2.05, 4.69) is 20.3 Å². The minimum atomic E-state index is -4.39. The Bertz CT molecular complexity index is 943. The number of nitrogen functional groups attached to an aromatic ring is 1. The van der Waals surface area contributed by atoms with E-state index in [1.807, 2.05) is 4.90 Å². The molecule has 11 heteroatoms. The number of alkyl halides is 3. The summed E-state index contributed by atoms with van der Waals surface area (Å²) in [5.41, 5.74) is 7.27. The van der Waals surface area contributed by atoms with Crippen LogP contribution in [0, 0.1) is 0 Å². The summed E-state index contributed by atoms with van der Waals surface area (Å²) in [6.45, 7) is -0.0457. The van der Waals surface area contributed by atoms with Crippen molar-refractivity contribution in [3.8, 4) is 11.4 Å².